The fourth-order valence-corrected chi connectivity index (χ4v) is 4.46. The lowest BCUT2D eigenvalue weighted by Crippen LogP contribution is -2.46. The van der Waals surface area contributed by atoms with Gasteiger partial charge in [0.05, 0.1) is 28.9 Å². The molecule has 0 bridgehead atoms. The van der Waals surface area contributed by atoms with E-state index in [1.165, 1.54) is 6.21 Å². The maximum absolute atomic E-state index is 12.9. The number of hydrogen-bond acceptors (Lipinski definition) is 6. The van der Waals surface area contributed by atoms with E-state index in [0.29, 0.717) is 50.7 Å². The van der Waals surface area contributed by atoms with Gasteiger partial charge < -0.3 is 14.8 Å². The summed E-state index contributed by atoms with van der Waals surface area (Å²) >= 11 is 9.43. The third-order valence-corrected chi connectivity index (χ3v) is 6.51. The van der Waals surface area contributed by atoms with E-state index in [4.69, 9.17) is 21.1 Å². The van der Waals surface area contributed by atoms with Crippen LogP contribution in [0.2, 0.25) is 5.02 Å². The summed E-state index contributed by atoms with van der Waals surface area (Å²) in [6.07, 6.45) is 1.91. The average Bonchev–Trinajstić information content (AvgIpc) is 2.92. The lowest BCUT2D eigenvalue weighted by Gasteiger charge is -2.19. The highest BCUT2D eigenvalue weighted by molar-refractivity contribution is 9.10. The van der Waals surface area contributed by atoms with Crippen LogP contribution in [-0.2, 0) is 11.4 Å². The van der Waals surface area contributed by atoms with E-state index >= 15 is 0 Å². The van der Waals surface area contributed by atoms with Crippen molar-refractivity contribution in [2.24, 2.45) is 11.0 Å². The Morgan fingerprint density at radius 3 is 2.52 bits per heavy atom. The minimum Gasteiger partial charge on any atom is -0.490 e. The van der Waals surface area contributed by atoms with Crippen molar-refractivity contribution in [3.05, 3.63) is 92.4 Å². The molecule has 0 aromatic heterocycles. The van der Waals surface area contributed by atoms with Crippen LogP contribution in [0.1, 0.15) is 54.2 Å². The van der Waals surface area contributed by atoms with Gasteiger partial charge in [-0.15, -0.1) is 0 Å². The van der Waals surface area contributed by atoms with Crippen LogP contribution >= 0.6 is 27.5 Å². The van der Waals surface area contributed by atoms with E-state index in [-0.39, 0.29) is 18.4 Å². The fourth-order valence-electron chi connectivity index (χ4n) is 3.76. The lowest BCUT2D eigenvalue weighted by molar-refractivity contribution is -0.123. The number of amides is 2. The highest BCUT2D eigenvalue weighted by atomic mass is 79.9. The molecule has 40 heavy (non-hydrogen) atoms. The molecule has 0 saturated heterocycles. The maximum Gasteiger partial charge on any atom is 0.262 e. The Labute approximate surface area is 247 Å². The van der Waals surface area contributed by atoms with Crippen molar-refractivity contribution in [1.29, 1.82) is 5.26 Å². The summed E-state index contributed by atoms with van der Waals surface area (Å²) in [4.78, 5) is 25.6. The van der Waals surface area contributed by atoms with Crippen LogP contribution in [0.5, 0.6) is 11.5 Å². The molecule has 0 saturated carbocycles. The Balaban J connectivity index is 1.71. The molecule has 0 heterocycles. The molecule has 0 spiro atoms. The first kappa shape index (κ1) is 30.7. The third kappa shape index (κ3) is 8.83. The van der Waals surface area contributed by atoms with Gasteiger partial charge in [-0.3, -0.25) is 9.59 Å². The Morgan fingerprint density at radius 1 is 1.12 bits per heavy atom. The zero-order chi connectivity index (χ0) is 29.1. The fraction of sp³-hybridized carbons (Fsp3) is 0.267. The van der Waals surface area contributed by atoms with Crippen molar-refractivity contribution >= 4 is 45.6 Å². The van der Waals surface area contributed by atoms with Crippen molar-refractivity contribution in [2.75, 3.05) is 6.61 Å². The second kappa shape index (κ2) is 15.1. The van der Waals surface area contributed by atoms with Crippen LogP contribution in [0.15, 0.2) is 70.2 Å². The van der Waals surface area contributed by atoms with Crippen molar-refractivity contribution in [3.63, 3.8) is 0 Å². The van der Waals surface area contributed by atoms with Crippen LogP contribution in [0.3, 0.4) is 0 Å². The first-order chi connectivity index (χ1) is 19.2. The molecule has 3 aromatic carbocycles. The topological polar surface area (TPSA) is 113 Å². The van der Waals surface area contributed by atoms with Gasteiger partial charge in [-0.25, -0.2) is 5.43 Å². The predicted molar refractivity (Wildman–Crippen MR) is 159 cm³/mol. The molecular weight excluding hydrogens is 596 g/mol. The number of halogens is 2. The number of carbonyl (C=O) groups excluding carboxylic acids is 2. The van der Waals surface area contributed by atoms with E-state index in [1.54, 1.807) is 48.5 Å². The summed E-state index contributed by atoms with van der Waals surface area (Å²) in [5, 5.41) is 16.7. The van der Waals surface area contributed by atoms with E-state index in [2.05, 4.69) is 37.8 Å². The van der Waals surface area contributed by atoms with Gasteiger partial charge in [0.1, 0.15) is 12.6 Å². The lowest BCUT2D eigenvalue weighted by atomic mass is 10.0. The number of rotatable bonds is 12. The number of nitrogens with one attached hydrogen (secondary N) is 2. The number of hydrogen-bond donors (Lipinski definition) is 2. The second-order valence-electron chi connectivity index (χ2n) is 9.22. The van der Waals surface area contributed by atoms with Crippen molar-refractivity contribution in [2.45, 2.75) is 39.8 Å². The largest absolute Gasteiger partial charge is 0.490 e. The van der Waals surface area contributed by atoms with Gasteiger partial charge in [0.15, 0.2) is 11.5 Å². The second-order valence-corrected chi connectivity index (χ2v) is 10.5. The minimum absolute atomic E-state index is 0.155. The number of nitriles is 1. The predicted octanol–water partition coefficient (Wildman–Crippen LogP) is 6.25. The van der Waals surface area contributed by atoms with Crippen LogP contribution in [0, 0.1) is 17.2 Å². The van der Waals surface area contributed by atoms with Gasteiger partial charge in [-0.05, 0) is 83.2 Å². The zero-order valence-electron chi connectivity index (χ0n) is 22.4. The SMILES string of the molecule is CCOc1cc(/C=N/NC(=O)C(CC(C)C)NC(=O)c2ccc(Cl)cc2)cc(Br)c1OCc1ccccc1C#N. The van der Waals surface area contributed by atoms with Gasteiger partial charge >= 0.3 is 0 Å². The molecule has 2 N–H and O–H groups in total. The van der Waals surface area contributed by atoms with Gasteiger partial charge in [-0.1, -0.05) is 43.6 Å². The van der Waals surface area contributed by atoms with E-state index in [1.807, 2.05) is 32.9 Å². The number of hydrazone groups is 1. The molecule has 0 radical (unpaired) electrons. The van der Waals surface area contributed by atoms with Crippen molar-refractivity contribution in [3.8, 4) is 17.6 Å². The molecule has 0 fully saturated rings. The first-order valence-electron chi connectivity index (χ1n) is 12.7. The first-order valence-corrected chi connectivity index (χ1v) is 13.8. The van der Waals surface area contributed by atoms with Gasteiger partial charge in [-0.2, -0.15) is 10.4 Å². The van der Waals surface area contributed by atoms with Crippen LogP contribution in [-0.4, -0.2) is 30.7 Å². The molecule has 3 rings (SSSR count). The maximum atomic E-state index is 12.9. The molecule has 0 aliphatic carbocycles. The molecule has 3 aromatic rings. The number of ether oxygens (including phenoxy) is 2. The minimum atomic E-state index is -0.780. The number of carbonyl (C=O) groups is 2. The molecule has 208 valence electrons. The van der Waals surface area contributed by atoms with Crippen molar-refractivity contribution < 1.29 is 19.1 Å². The molecule has 0 aliphatic heterocycles. The van der Waals surface area contributed by atoms with Gasteiger partial charge in [0.25, 0.3) is 11.8 Å². The summed E-state index contributed by atoms with van der Waals surface area (Å²) < 4.78 is 12.4. The Hall–Kier alpha value is -3.87. The normalized spacial score (nSPS) is 11.6. The third-order valence-electron chi connectivity index (χ3n) is 5.67. The van der Waals surface area contributed by atoms with Gasteiger partial charge in [0, 0.05) is 16.1 Å². The molecule has 2 amide bonds. The quantitative estimate of drug-likeness (QED) is 0.183. The summed E-state index contributed by atoms with van der Waals surface area (Å²) in [5.74, 6) is 0.305. The molecule has 1 unspecified atom stereocenters. The zero-order valence-corrected chi connectivity index (χ0v) is 24.8. The average molecular weight is 626 g/mol. The smallest absolute Gasteiger partial charge is 0.262 e. The highest BCUT2D eigenvalue weighted by Crippen LogP contribution is 2.37. The summed E-state index contributed by atoms with van der Waals surface area (Å²) in [7, 11) is 0. The van der Waals surface area contributed by atoms with Crippen LogP contribution < -0.4 is 20.2 Å². The number of benzene rings is 3. The monoisotopic (exact) mass is 624 g/mol. The number of nitrogens with zero attached hydrogens (tertiary/aromatic N) is 2. The standard InChI is InChI=1S/C30H30BrClN4O4/c1-4-39-27-15-20(14-25(31)28(27)40-18-23-8-6-5-7-22(23)16-33)17-34-36-30(38)26(13-19(2)3)35-29(37)21-9-11-24(32)12-10-21/h5-12,14-15,17,19,26H,4,13,18H2,1-3H3,(H,35,37)(H,36,38)/b34-17+. The Bertz CT molecular complexity index is 1400. The molecule has 10 heteroatoms. The van der Waals surface area contributed by atoms with Gasteiger partial charge in [0.2, 0.25) is 0 Å². The summed E-state index contributed by atoms with van der Waals surface area (Å²) in [6.45, 7) is 6.38. The molecule has 0 aliphatic rings. The van der Waals surface area contributed by atoms with Crippen LogP contribution in [0.25, 0.3) is 0 Å². The van der Waals surface area contributed by atoms with Crippen molar-refractivity contribution in [1.82, 2.24) is 10.7 Å². The Kier molecular flexibility index (Phi) is 11.5. The Morgan fingerprint density at radius 2 is 1.85 bits per heavy atom. The van der Waals surface area contributed by atoms with E-state index < -0.39 is 11.9 Å². The van der Waals surface area contributed by atoms with Crippen LogP contribution in [0.4, 0.5) is 0 Å². The molecular formula is C30H30BrClN4O4. The highest BCUT2D eigenvalue weighted by Gasteiger charge is 2.22. The molecule has 1 atom stereocenters. The molecule has 8 nitrogen and oxygen atoms in total. The van der Waals surface area contributed by atoms with E-state index in [0.717, 1.165) is 5.56 Å². The summed E-state index contributed by atoms with van der Waals surface area (Å²) in [6, 6.07) is 18.6. The summed E-state index contributed by atoms with van der Waals surface area (Å²) in [5.41, 5.74) is 4.87. The van der Waals surface area contributed by atoms with E-state index in [9.17, 15) is 14.9 Å².